The highest BCUT2D eigenvalue weighted by atomic mass is 16.1. The molecule has 0 unspecified atom stereocenters. The van der Waals surface area contributed by atoms with Crippen LogP contribution in [0.3, 0.4) is 0 Å². The van der Waals surface area contributed by atoms with Crippen LogP contribution in [0, 0.1) is 0 Å². The van der Waals surface area contributed by atoms with Crippen molar-refractivity contribution in [3.63, 3.8) is 0 Å². The van der Waals surface area contributed by atoms with Gasteiger partial charge in [0.15, 0.2) is 0 Å². The Morgan fingerprint density at radius 1 is 1.55 bits per heavy atom. The molecule has 0 saturated carbocycles. The zero-order valence-corrected chi connectivity index (χ0v) is 6.79. The molecule has 11 heavy (non-hydrogen) atoms. The lowest BCUT2D eigenvalue weighted by molar-refractivity contribution is 0.865. The maximum absolute atomic E-state index is 11.1. The van der Waals surface area contributed by atoms with Gasteiger partial charge in [0, 0.05) is 13.1 Å². The summed E-state index contributed by atoms with van der Waals surface area (Å²) in [7, 11) is 1.66. The smallest absolute Gasteiger partial charge is 0.252 e. The molecule has 0 spiro atoms. The predicted molar refractivity (Wildman–Crippen MR) is 45.5 cm³/mol. The van der Waals surface area contributed by atoms with Gasteiger partial charge < -0.3 is 5.73 Å². The van der Waals surface area contributed by atoms with Crippen LogP contribution in [0.1, 0.15) is 12.5 Å². The zero-order chi connectivity index (χ0) is 8.43. The first-order valence-corrected chi connectivity index (χ1v) is 3.60. The molecule has 0 radical (unpaired) electrons. The first-order valence-electron chi connectivity index (χ1n) is 3.60. The Bertz CT molecular complexity index is 314. The summed E-state index contributed by atoms with van der Waals surface area (Å²) in [5.41, 5.74) is 6.51. The number of hydrogen-bond acceptors (Lipinski definition) is 2. The van der Waals surface area contributed by atoms with Crippen LogP contribution in [0.5, 0.6) is 0 Å². The molecule has 0 aliphatic carbocycles. The first-order chi connectivity index (χ1) is 5.15. The molecular weight excluding hydrogens is 140 g/mol. The van der Waals surface area contributed by atoms with E-state index in [2.05, 4.69) is 0 Å². The molecule has 0 atom stereocenters. The topological polar surface area (TPSA) is 48.0 Å². The van der Waals surface area contributed by atoms with E-state index in [-0.39, 0.29) is 5.56 Å². The molecule has 2 N–H and O–H groups in total. The third-order valence-corrected chi connectivity index (χ3v) is 1.77. The van der Waals surface area contributed by atoms with Crippen molar-refractivity contribution in [3.05, 3.63) is 28.0 Å². The lowest BCUT2D eigenvalue weighted by Crippen LogP contribution is -2.19. The fourth-order valence-corrected chi connectivity index (χ4v) is 0.915. The van der Waals surface area contributed by atoms with Gasteiger partial charge in [-0.25, -0.2) is 0 Å². The largest absolute Gasteiger partial charge is 0.385 e. The van der Waals surface area contributed by atoms with Crippen molar-refractivity contribution in [1.82, 2.24) is 4.57 Å². The van der Waals surface area contributed by atoms with Crippen molar-refractivity contribution in [2.75, 3.05) is 5.73 Å². The molecule has 0 saturated heterocycles. The van der Waals surface area contributed by atoms with E-state index in [4.69, 9.17) is 5.73 Å². The van der Waals surface area contributed by atoms with E-state index in [1.54, 1.807) is 13.1 Å². The van der Waals surface area contributed by atoms with Gasteiger partial charge in [-0.05, 0) is 18.1 Å². The van der Waals surface area contributed by atoms with E-state index in [0.29, 0.717) is 5.82 Å². The molecule has 0 fully saturated rings. The quantitative estimate of drug-likeness (QED) is 0.638. The van der Waals surface area contributed by atoms with Gasteiger partial charge in [-0.3, -0.25) is 9.36 Å². The van der Waals surface area contributed by atoms with Gasteiger partial charge in [-0.15, -0.1) is 0 Å². The van der Waals surface area contributed by atoms with Crippen molar-refractivity contribution in [3.8, 4) is 0 Å². The lowest BCUT2D eigenvalue weighted by Gasteiger charge is -2.03. The fourth-order valence-electron chi connectivity index (χ4n) is 0.915. The summed E-state index contributed by atoms with van der Waals surface area (Å²) in [6.45, 7) is 1.99. The second kappa shape index (κ2) is 2.78. The molecule has 1 rings (SSSR count). The molecule has 0 bridgehead atoms. The molecule has 1 aromatic rings. The second-order valence-corrected chi connectivity index (χ2v) is 2.54. The average molecular weight is 152 g/mol. The molecule has 0 aromatic carbocycles. The molecule has 0 aliphatic heterocycles. The summed E-state index contributed by atoms with van der Waals surface area (Å²) < 4.78 is 1.43. The number of hydrogen-bond donors (Lipinski definition) is 1. The molecule has 0 aliphatic rings. The molecular formula is C8H12N2O. The van der Waals surface area contributed by atoms with Crippen molar-refractivity contribution >= 4 is 5.82 Å². The Morgan fingerprint density at radius 3 is 2.64 bits per heavy atom. The number of nitrogens with two attached hydrogens (primary N) is 1. The minimum Gasteiger partial charge on any atom is -0.385 e. The van der Waals surface area contributed by atoms with Gasteiger partial charge in [-0.1, -0.05) is 6.92 Å². The van der Waals surface area contributed by atoms with E-state index in [1.165, 1.54) is 4.57 Å². The molecule has 60 valence electrons. The van der Waals surface area contributed by atoms with Gasteiger partial charge >= 0.3 is 0 Å². The van der Waals surface area contributed by atoms with E-state index in [1.807, 2.05) is 13.0 Å². The first kappa shape index (κ1) is 7.85. The Morgan fingerprint density at radius 2 is 2.18 bits per heavy atom. The molecule has 1 heterocycles. The highest BCUT2D eigenvalue weighted by Gasteiger charge is 1.97. The van der Waals surface area contributed by atoms with Crippen molar-refractivity contribution in [1.29, 1.82) is 0 Å². The van der Waals surface area contributed by atoms with Crippen LogP contribution < -0.4 is 11.3 Å². The standard InChI is InChI=1S/C8H12N2O/c1-3-6-4-7(9)10(2)8(11)5-6/h4-5H,3,9H2,1-2H3. The predicted octanol–water partition coefficient (Wildman–Crippen LogP) is 0.530. The Balaban J connectivity index is 3.32. The molecule has 1 aromatic heterocycles. The van der Waals surface area contributed by atoms with E-state index < -0.39 is 0 Å². The summed E-state index contributed by atoms with van der Waals surface area (Å²) >= 11 is 0. The highest BCUT2D eigenvalue weighted by molar-refractivity contribution is 5.33. The number of rotatable bonds is 1. The maximum atomic E-state index is 11.1. The van der Waals surface area contributed by atoms with Gasteiger partial charge in [-0.2, -0.15) is 0 Å². The number of nitrogen functional groups attached to an aromatic ring is 1. The summed E-state index contributed by atoms with van der Waals surface area (Å²) in [4.78, 5) is 11.1. The molecule has 0 amide bonds. The van der Waals surface area contributed by atoms with Gasteiger partial charge in [0.1, 0.15) is 5.82 Å². The highest BCUT2D eigenvalue weighted by Crippen LogP contribution is 2.02. The second-order valence-electron chi connectivity index (χ2n) is 2.54. The van der Waals surface area contributed by atoms with Crippen LogP contribution in [0.25, 0.3) is 0 Å². The van der Waals surface area contributed by atoms with Crippen molar-refractivity contribution in [2.45, 2.75) is 13.3 Å². The van der Waals surface area contributed by atoms with E-state index in [0.717, 1.165) is 12.0 Å². The number of pyridine rings is 1. The van der Waals surface area contributed by atoms with E-state index in [9.17, 15) is 4.79 Å². The molecule has 3 nitrogen and oxygen atoms in total. The summed E-state index contributed by atoms with van der Waals surface area (Å²) in [6.07, 6.45) is 0.847. The number of anilines is 1. The number of aryl methyl sites for hydroxylation is 1. The van der Waals surface area contributed by atoms with Crippen LogP contribution >= 0.6 is 0 Å². The fraction of sp³-hybridized carbons (Fsp3) is 0.375. The summed E-state index contributed by atoms with van der Waals surface area (Å²) in [5, 5.41) is 0. The third kappa shape index (κ3) is 1.42. The average Bonchev–Trinajstić information content (AvgIpc) is 1.99. The normalized spacial score (nSPS) is 10.0. The minimum absolute atomic E-state index is 0.0400. The third-order valence-electron chi connectivity index (χ3n) is 1.77. The summed E-state index contributed by atoms with van der Waals surface area (Å²) in [5.74, 6) is 0.523. The van der Waals surface area contributed by atoms with E-state index >= 15 is 0 Å². The van der Waals surface area contributed by atoms with Crippen LogP contribution in [-0.2, 0) is 13.5 Å². The van der Waals surface area contributed by atoms with Crippen LogP contribution in [0.2, 0.25) is 0 Å². The van der Waals surface area contributed by atoms with Gasteiger partial charge in [0.05, 0.1) is 0 Å². The molecule has 3 heteroatoms. The van der Waals surface area contributed by atoms with Gasteiger partial charge in [0.2, 0.25) is 0 Å². The maximum Gasteiger partial charge on any atom is 0.252 e. The summed E-state index contributed by atoms with van der Waals surface area (Å²) in [6, 6.07) is 3.43. The lowest BCUT2D eigenvalue weighted by atomic mass is 10.2. The van der Waals surface area contributed by atoms with Gasteiger partial charge in [0.25, 0.3) is 5.56 Å². The van der Waals surface area contributed by atoms with Crippen LogP contribution in [0.15, 0.2) is 16.9 Å². The SMILES string of the molecule is CCc1cc(N)n(C)c(=O)c1. The van der Waals surface area contributed by atoms with Crippen LogP contribution in [-0.4, -0.2) is 4.57 Å². The van der Waals surface area contributed by atoms with Crippen molar-refractivity contribution < 1.29 is 0 Å². The zero-order valence-electron chi connectivity index (χ0n) is 6.79. The number of nitrogens with zero attached hydrogens (tertiary/aromatic N) is 1. The monoisotopic (exact) mass is 152 g/mol. The number of aromatic nitrogens is 1. The minimum atomic E-state index is -0.0400. The van der Waals surface area contributed by atoms with Crippen molar-refractivity contribution in [2.24, 2.45) is 7.05 Å². The Labute approximate surface area is 65.5 Å². The Hall–Kier alpha value is -1.25. The Kier molecular flexibility index (Phi) is 1.98. The van der Waals surface area contributed by atoms with Crippen LogP contribution in [0.4, 0.5) is 5.82 Å².